The van der Waals surface area contributed by atoms with Gasteiger partial charge in [0, 0.05) is 6.54 Å². The Morgan fingerprint density at radius 1 is 1.19 bits per heavy atom. The lowest BCUT2D eigenvalue weighted by atomic mass is 10.1. The number of nitrogens with zero attached hydrogens (tertiary/aromatic N) is 1. The maximum Gasteiger partial charge on any atom is 0.331 e. The number of H-pyrrole nitrogens is 1. The number of rotatable bonds is 3. The molecular formula is C11H12N2O3. The molecule has 3 N–H and O–H groups in total. The number of aromatic amines is 1. The van der Waals surface area contributed by atoms with Gasteiger partial charge in [-0.3, -0.25) is 9.55 Å². The van der Waals surface area contributed by atoms with Crippen molar-refractivity contribution in [1.82, 2.24) is 9.55 Å². The fraction of sp³-hybridized carbons (Fsp3) is 0.182. The first-order chi connectivity index (χ1) is 7.68. The van der Waals surface area contributed by atoms with Gasteiger partial charge in [-0.2, -0.15) is 0 Å². The summed E-state index contributed by atoms with van der Waals surface area (Å²) in [5.74, 6) is -0.904. The lowest BCUT2D eigenvalue weighted by Crippen LogP contribution is -2.17. The fourth-order valence-corrected chi connectivity index (χ4v) is 1.54. The number of hydrogen-bond acceptors (Lipinski definition) is 3. The summed E-state index contributed by atoms with van der Waals surface area (Å²) in [6.45, 7) is 0.325. The van der Waals surface area contributed by atoms with E-state index in [0.29, 0.717) is 13.0 Å². The Morgan fingerprint density at radius 3 is 2.44 bits per heavy atom. The number of aryl methyl sites for hydroxylation is 1. The molecule has 0 bridgehead atoms. The SMILES string of the molecule is O=c1[nH]c(O)c(O)n1CCc1ccccc1. The summed E-state index contributed by atoms with van der Waals surface area (Å²) in [6.07, 6.45) is 0.617. The second kappa shape index (κ2) is 4.14. The molecule has 0 aliphatic rings. The van der Waals surface area contributed by atoms with Crippen LogP contribution in [0.15, 0.2) is 35.1 Å². The van der Waals surface area contributed by atoms with E-state index in [2.05, 4.69) is 4.98 Å². The summed E-state index contributed by atoms with van der Waals surface area (Å²) >= 11 is 0. The Hall–Kier alpha value is -2.17. The lowest BCUT2D eigenvalue weighted by Gasteiger charge is -2.02. The van der Waals surface area contributed by atoms with E-state index in [1.165, 1.54) is 0 Å². The highest BCUT2D eigenvalue weighted by atomic mass is 16.3. The lowest BCUT2D eigenvalue weighted by molar-refractivity contribution is 0.366. The van der Waals surface area contributed by atoms with E-state index in [1.54, 1.807) is 0 Å². The van der Waals surface area contributed by atoms with Crippen molar-refractivity contribution < 1.29 is 10.2 Å². The predicted molar refractivity (Wildman–Crippen MR) is 58.5 cm³/mol. The van der Waals surface area contributed by atoms with Crippen molar-refractivity contribution in [2.75, 3.05) is 0 Å². The average molecular weight is 220 g/mol. The Labute approximate surface area is 91.6 Å². The van der Waals surface area contributed by atoms with Crippen LogP contribution in [0, 0.1) is 0 Å². The first kappa shape index (κ1) is 10.4. The van der Waals surface area contributed by atoms with Crippen LogP contribution in [0.4, 0.5) is 0 Å². The maximum atomic E-state index is 11.3. The fourth-order valence-electron chi connectivity index (χ4n) is 1.54. The molecule has 16 heavy (non-hydrogen) atoms. The monoisotopic (exact) mass is 220 g/mol. The molecule has 1 aromatic heterocycles. The number of nitrogens with one attached hydrogen (secondary N) is 1. The summed E-state index contributed by atoms with van der Waals surface area (Å²) in [5, 5.41) is 18.5. The van der Waals surface area contributed by atoms with Crippen LogP contribution in [0.2, 0.25) is 0 Å². The van der Waals surface area contributed by atoms with E-state index >= 15 is 0 Å². The molecule has 2 aromatic rings. The molecule has 0 saturated heterocycles. The molecule has 5 nitrogen and oxygen atoms in total. The van der Waals surface area contributed by atoms with Crippen molar-refractivity contribution >= 4 is 0 Å². The molecule has 1 heterocycles. The standard InChI is InChI=1S/C11H12N2O3/c14-9-10(15)13(11(16)12-9)7-6-8-4-2-1-3-5-8/h1-5,14-15H,6-7H2,(H,12,16). The van der Waals surface area contributed by atoms with Crippen LogP contribution in [0.1, 0.15) is 5.56 Å². The van der Waals surface area contributed by atoms with Gasteiger partial charge in [0.15, 0.2) is 0 Å². The summed E-state index contributed by atoms with van der Waals surface area (Å²) in [5.41, 5.74) is 0.556. The molecule has 0 amide bonds. The van der Waals surface area contributed by atoms with Crippen LogP contribution in [0.3, 0.4) is 0 Å². The van der Waals surface area contributed by atoms with E-state index in [4.69, 9.17) is 5.11 Å². The van der Waals surface area contributed by atoms with Crippen LogP contribution in [-0.2, 0) is 13.0 Å². The summed E-state index contributed by atoms with van der Waals surface area (Å²) in [7, 11) is 0. The molecule has 1 aromatic carbocycles. The van der Waals surface area contributed by atoms with Crippen molar-refractivity contribution in [3.05, 3.63) is 46.4 Å². The van der Waals surface area contributed by atoms with E-state index in [-0.39, 0.29) is 0 Å². The molecule has 84 valence electrons. The van der Waals surface area contributed by atoms with Crippen LogP contribution < -0.4 is 5.69 Å². The van der Waals surface area contributed by atoms with Crippen LogP contribution >= 0.6 is 0 Å². The molecule has 0 radical (unpaired) electrons. The third-order valence-corrected chi connectivity index (χ3v) is 2.40. The summed E-state index contributed by atoms with van der Waals surface area (Å²) in [6, 6.07) is 9.61. The topological polar surface area (TPSA) is 78.2 Å². The molecule has 5 heteroatoms. The number of benzene rings is 1. The second-order valence-electron chi connectivity index (χ2n) is 3.49. The predicted octanol–water partition coefficient (Wildman–Crippen LogP) is 0.830. The minimum absolute atomic E-state index is 0.325. The van der Waals surface area contributed by atoms with Gasteiger partial charge in [-0.15, -0.1) is 0 Å². The van der Waals surface area contributed by atoms with Gasteiger partial charge in [-0.05, 0) is 12.0 Å². The number of aromatic hydroxyl groups is 2. The third kappa shape index (κ3) is 1.93. The van der Waals surface area contributed by atoms with Gasteiger partial charge in [-0.25, -0.2) is 4.79 Å². The minimum atomic E-state index is -0.508. The average Bonchev–Trinajstić information content (AvgIpc) is 2.53. The van der Waals surface area contributed by atoms with Crippen molar-refractivity contribution in [3.8, 4) is 11.8 Å². The Kier molecular flexibility index (Phi) is 2.68. The first-order valence-corrected chi connectivity index (χ1v) is 4.93. The van der Waals surface area contributed by atoms with Crippen molar-refractivity contribution in [2.45, 2.75) is 13.0 Å². The van der Waals surface area contributed by atoms with Crippen LogP contribution in [-0.4, -0.2) is 19.8 Å². The van der Waals surface area contributed by atoms with Gasteiger partial charge in [0.1, 0.15) is 0 Å². The van der Waals surface area contributed by atoms with Gasteiger partial charge in [0.2, 0.25) is 0 Å². The molecule has 0 aliphatic heterocycles. The highest BCUT2D eigenvalue weighted by molar-refractivity contribution is 5.23. The molecule has 2 rings (SSSR count). The van der Waals surface area contributed by atoms with Gasteiger partial charge in [-0.1, -0.05) is 30.3 Å². The van der Waals surface area contributed by atoms with Crippen LogP contribution in [0.5, 0.6) is 11.8 Å². The van der Waals surface area contributed by atoms with Crippen LogP contribution in [0.25, 0.3) is 0 Å². The Bertz CT molecular complexity index is 528. The van der Waals surface area contributed by atoms with Crippen molar-refractivity contribution in [2.24, 2.45) is 0 Å². The van der Waals surface area contributed by atoms with Gasteiger partial charge in [0.05, 0.1) is 0 Å². The van der Waals surface area contributed by atoms with Crippen molar-refractivity contribution in [3.63, 3.8) is 0 Å². The van der Waals surface area contributed by atoms with Crippen molar-refractivity contribution in [1.29, 1.82) is 0 Å². The largest absolute Gasteiger partial charge is 0.491 e. The smallest absolute Gasteiger partial charge is 0.331 e. The molecular weight excluding hydrogens is 208 g/mol. The quantitative estimate of drug-likeness (QED) is 0.716. The number of hydrogen-bond donors (Lipinski definition) is 3. The molecule has 0 aliphatic carbocycles. The maximum absolute atomic E-state index is 11.3. The van der Waals surface area contributed by atoms with Gasteiger partial charge >= 0.3 is 5.69 Å². The molecule has 0 fully saturated rings. The van der Waals surface area contributed by atoms with Gasteiger partial charge < -0.3 is 10.2 Å². The zero-order valence-electron chi connectivity index (χ0n) is 8.55. The highest BCUT2D eigenvalue weighted by Gasteiger charge is 2.10. The molecule has 0 atom stereocenters. The van der Waals surface area contributed by atoms with E-state index < -0.39 is 17.4 Å². The highest BCUT2D eigenvalue weighted by Crippen LogP contribution is 2.18. The van der Waals surface area contributed by atoms with Gasteiger partial charge in [0.25, 0.3) is 11.8 Å². The minimum Gasteiger partial charge on any atom is -0.491 e. The molecule has 0 unspecified atom stereocenters. The second-order valence-corrected chi connectivity index (χ2v) is 3.49. The Balaban J connectivity index is 2.14. The zero-order chi connectivity index (χ0) is 11.5. The zero-order valence-corrected chi connectivity index (χ0v) is 8.55. The van der Waals surface area contributed by atoms with E-state index in [1.807, 2.05) is 30.3 Å². The van der Waals surface area contributed by atoms with E-state index in [9.17, 15) is 9.90 Å². The Morgan fingerprint density at radius 2 is 1.88 bits per heavy atom. The summed E-state index contributed by atoms with van der Waals surface area (Å²) in [4.78, 5) is 13.4. The molecule has 0 spiro atoms. The molecule has 0 saturated carbocycles. The third-order valence-electron chi connectivity index (χ3n) is 2.40. The van der Waals surface area contributed by atoms with E-state index in [0.717, 1.165) is 10.1 Å². The normalized spacial score (nSPS) is 10.5. The number of imidazole rings is 1. The first-order valence-electron chi connectivity index (χ1n) is 4.93. The number of aromatic nitrogens is 2. The summed E-state index contributed by atoms with van der Waals surface area (Å²) < 4.78 is 1.10.